The first-order chi connectivity index (χ1) is 16.1. The Bertz CT molecular complexity index is 1400. The third-order valence-electron chi connectivity index (χ3n) is 5.76. The average Bonchev–Trinajstić information content (AvgIpc) is 3.26. The van der Waals surface area contributed by atoms with Crippen LogP contribution in [0, 0.1) is 6.92 Å². The molecule has 0 saturated carbocycles. The second kappa shape index (κ2) is 8.67. The van der Waals surface area contributed by atoms with E-state index in [2.05, 4.69) is 66.2 Å². The van der Waals surface area contributed by atoms with Crippen molar-refractivity contribution in [1.82, 2.24) is 4.57 Å². The maximum atomic E-state index is 11.7. The molecule has 4 nitrogen and oxygen atoms in total. The number of nitrogens with zero attached hydrogens (tertiary/aromatic N) is 1. The number of ether oxygens (including phenoxy) is 1. The molecular formula is C29H23NO3. The number of fused-ring (bicyclic) bond motifs is 1. The van der Waals surface area contributed by atoms with E-state index >= 15 is 0 Å². The number of aryl methyl sites for hydroxylation is 1. The first-order valence-electron chi connectivity index (χ1n) is 10.8. The lowest BCUT2D eigenvalue weighted by Gasteiger charge is -2.16. The van der Waals surface area contributed by atoms with Gasteiger partial charge in [0, 0.05) is 22.8 Å². The van der Waals surface area contributed by atoms with Gasteiger partial charge in [0.15, 0.2) is 0 Å². The van der Waals surface area contributed by atoms with Crippen molar-refractivity contribution < 1.29 is 14.6 Å². The third-order valence-corrected chi connectivity index (χ3v) is 5.76. The lowest BCUT2D eigenvalue weighted by molar-refractivity contribution is -0.145. The van der Waals surface area contributed by atoms with Crippen molar-refractivity contribution in [2.24, 2.45) is 0 Å². The third kappa shape index (κ3) is 4.23. The van der Waals surface area contributed by atoms with E-state index in [1.165, 1.54) is 16.5 Å². The molecule has 4 heteroatoms. The maximum Gasteiger partial charge on any atom is 0.349 e. The largest absolute Gasteiger partial charge is 0.478 e. The second-order valence-corrected chi connectivity index (χ2v) is 8.07. The molecule has 0 aliphatic carbocycles. The van der Waals surface area contributed by atoms with Gasteiger partial charge < -0.3 is 14.4 Å². The molecule has 1 aromatic heterocycles. The van der Waals surface area contributed by atoms with Gasteiger partial charge in [-0.3, -0.25) is 0 Å². The summed E-state index contributed by atoms with van der Waals surface area (Å²) in [6, 6.07) is 33.5. The van der Waals surface area contributed by atoms with E-state index in [1.54, 1.807) is 24.3 Å². The number of rotatable bonds is 6. The Labute approximate surface area is 192 Å². The molecule has 0 spiro atoms. The Morgan fingerprint density at radius 1 is 0.818 bits per heavy atom. The fraction of sp³-hybridized carbons (Fsp3) is 0.0690. The number of aromatic nitrogens is 1. The molecule has 0 saturated heterocycles. The molecule has 0 bridgehead atoms. The number of benzene rings is 4. The van der Waals surface area contributed by atoms with E-state index in [1.807, 2.05) is 30.3 Å². The quantitative estimate of drug-likeness (QED) is 0.320. The van der Waals surface area contributed by atoms with Crippen LogP contribution in [0.15, 0.2) is 109 Å². The van der Waals surface area contributed by atoms with Gasteiger partial charge in [0.1, 0.15) is 5.75 Å². The first kappa shape index (κ1) is 20.6. The number of aliphatic carboxylic acids is 1. The molecular weight excluding hydrogens is 410 g/mol. The van der Waals surface area contributed by atoms with Crippen molar-refractivity contribution in [1.29, 1.82) is 0 Å². The number of hydrogen-bond acceptors (Lipinski definition) is 2. The molecule has 5 rings (SSSR count). The predicted molar refractivity (Wildman–Crippen MR) is 131 cm³/mol. The summed E-state index contributed by atoms with van der Waals surface area (Å²) >= 11 is 0. The molecule has 162 valence electrons. The van der Waals surface area contributed by atoms with Crippen LogP contribution in [-0.2, 0) is 4.79 Å². The monoisotopic (exact) mass is 433 g/mol. The van der Waals surface area contributed by atoms with E-state index in [9.17, 15) is 9.90 Å². The highest BCUT2D eigenvalue weighted by Gasteiger charge is 2.21. The fourth-order valence-electron chi connectivity index (χ4n) is 4.05. The van der Waals surface area contributed by atoms with E-state index < -0.39 is 12.1 Å². The lowest BCUT2D eigenvalue weighted by atomic mass is 10.0. The summed E-state index contributed by atoms with van der Waals surface area (Å²) in [4.78, 5) is 11.7. The van der Waals surface area contributed by atoms with Gasteiger partial charge in [0.05, 0.1) is 5.52 Å². The minimum Gasteiger partial charge on any atom is -0.478 e. The van der Waals surface area contributed by atoms with Gasteiger partial charge >= 0.3 is 5.97 Å². The smallest absolute Gasteiger partial charge is 0.349 e. The molecule has 1 atom stereocenters. The molecule has 4 aromatic carbocycles. The second-order valence-electron chi connectivity index (χ2n) is 8.07. The molecule has 0 radical (unpaired) electrons. The standard InChI is InChI=1S/C29H23NO3/c1-20-7-16-27-24(19-20)17-18-30(27)25-12-8-21(9-13-25)22-10-14-26(15-11-22)33-28(29(31)32)23-5-3-2-4-6-23/h2-19,28H,1H3,(H,31,32). The minimum absolute atomic E-state index is 0.515. The highest BCUT2D eigenvalue weighted by Crippen LogP contribution is 2.28. The predicted octanol–water partition coefficient (Wildman–Crippen LogP) is 6.81. The normalized spacial score (nSPS) is 11.9. The molecule has 33 heavy (non-hydrogen) atoms. The Kier molecular flexibility index (Phi) is 5.41. The zero-order valence-electron chi connectivity index (χ0n) is 18.2. The minimum atomic E-state index is -1.04. The van der Waals surface area contributed by atoms with Gasteiger partial charge in [-0.25, -0.2) is 4.79 Å². The van der Waals surface area contributed by atoms with E-state index in [0.29, 0.717) is 11.3 Å². The number of carboxylic acids is 1. The molecule has 0 aliphatic rings. The van der Waals surface area contributed by atoms with Crippen molar-refractivity contribution >= 4 is 16.9 Å². The lowest BCUT2D eigenvalue weighted by Crippen LogP contribution is -2.18. The highest BCUT2D eigenvalue weighted by atomic mass is 16.5. The van der Waals surface area contributed by atoms with Crippen LogP contribution in [0.2, 0.25) is 0 Å². The maximum absolute atomic E-state index is 11.7. The van der Waals surface area contributed by atoms with Crippen molar-refractivity contribution in [2.45, 2.75) is 13.0 Å². The van der Waals surface area contributed by atoms with Crippen LogP contribution in [0.25, 0.3) is 27.7 Å². The Morgan fingerprint density at radius 3 is 2.15 bits per heavy atom. The summed E-state index contributed by atoms with van der Waals surface area (Å²) in [7, 11) is 0. The summed E-state index contributed by atoms with van der Waals surface area (Å²) in [5.74, 6) is -0.505. The topological polar surface area (TPSA) is 51.5 Å². The molecule has 5 aromatic rings. The molecule has 0 aliphatic heterocycles. The van der Waals surface area contributed by atoms with Crippen LogP contribution in [0.4, 0.5) is 0 Å². The molecule has 1 N–H and O–H groups in total. The van der Waals surface area contributed by atoms with Crippen LogP contribution in [0.5, 0.6) is 5.75 Å². The molecule has 0 amide bonds. The van der Waals surface area contributed by atoms with Gasteiger partial charge in [-0.1, -0.05) is 66.2 Å². The average molecular weight is 434 g/mol. The first-order valence-corrected chi connectivity index (χ1v) is 10.8. The van der Waals surface area contributed by atoms with Gasteiger partial charge in [-0.15, -0.1) is 0 Å². The van der Waals surface area contributed by atoms with E-state index in [0.717, 1.165) is 16.8 Å². The van der Waals surface area contributed by atoms with Crippen molar-refractivity contribution in [3.63, 3.8) is 0 Å². The molecule has 0 fully saturated rings. The van der Waals surface area contributed by atoms with E-state index in [-0.39, 0.29) is 0 Å². The van der Waals surface area contributed by atoms with Crippen molar-refractivity contribution in [3.8, 4) is 22.6 Å². The van der Waals surface area contributed by atoms with Gasteiger partial charge in [-0.2, -0.15) is 0 Å². The van der Waals surface area contributed by atoms with Crippen LogP contribution in [0.3, 0.4) is 0 Å². The summed E-state index contributed by atoms with van der Waals surface area (Å²) in [5, 5.41) is 10.8. The zero-order valence-corrected chi connectivity index (χ0v) is 18.2. The molecule has 1 heterocycles. The van der Waals surface area contributed by atoms with Gasteiger partial charge in [-0.05, 0) is 60.5 Å². The summed E-state index contributed by atoms with van der Waals surface area (Å²) in [6.45, 7) is 2.10. The number of hydrogen-bond donors (Lipinski definition) is 1. The van der Waals surface area contributed by atoms with Crippen LogP contribution < -0.4 is 4.74 Å². The zero-order chi connectivity index (χ0) is 22.8. The van der Waals surface area contributed by atoms with Gasteiger partial charge in [0.2, 0.25) is 6.10 Å². The Morgan fingerprint density at radius 2 is 1.48 bits per heavy atom. The van der Waals surface area contributed by atoms with Crippen LogP contribution in [-0.4, -0.2) is 15.6 Å². The molecule has 1 unspecified atom stereocenters. The SMILES string of the molecule is Cc1ccc2c(ccn2-c2ccc(-c3ccc(OC(C(=O)O)c4ccccc4)cc3)cc2)c1. The van der Waals surface area contributed by atoms with E-state index in [4.69, 9.17) is 4.74 Å². The Balaban J connectivity index is 1.35. The highest BCUT2D eigenvalue weighted by molar-refractivity contribution is 5.83. The van der Waals surface area contributed by atoms with Gasteiger partial charge in [0.25, 0.3) is 0 Å². The number of carbonyl (C=O) groups is 1. The Hall–Kier alpha value is -4.31. The fourth-order valence-corrected chi connectivity index (χ4v) is 4.05. The van der Waals surface area contributed by atoms with Crippen molar-refractivity contribution in [2.75, 3.05) is 0 Å². The summed E-state index contributed by atoms with van der Waals surface area (Å²) in [6.07, 6.45) is 1.05. The summed E-state index contributed by atoms with van der Waals surface area (Å²) in [5.41, 5.74) is 6.26. The van der Waals surface area contributed by atoms with Crippen LogP contribution in [0.1, 0.15) is 17.2 Å². The van der Waals surface area contributed by atoms with Crippen molar-refractivity contribution in [3.05, 3.63) is 120 Å². The summed E-state index contributed by atoms with van der Waals surface area (Å²) < 4.78 is 7.95. The number of carboxylic acid groups (broad SMARTS) is 1. The van der Waals surface area contributed by atoms with Crippen LogP contribution >= 0.6 is 0 Å².